The molecule has 0 amide bonds. The van der Waals surface area contributed by atoms with Crippen molar-refractivity contribution >= 4 is 29.8 Å². The fourth-order valence-electron chi connectivity index (χ4n) is 1.99. The normalized spacial score (nSPS) is 11.2. The number of aromatic nitrogens is 3. The maximum atomic E-state index is 5.26. The van der Waals surface area contributed by atoms with Gasteiger partial charge in [0, 0.05) is 15.3 Å². The molecule has 0 saturated carbocycles. The molecule has 22 heavy (non-hydrogen) atoms. The van der Waals surface area contributed by atoms with Crippen molar-refractivity contribution in [2.75, 3.05) is 7.11 Å². The molecule has 0 spiro atoms. The van der Waals surface area contributed by atoms with Crippen LogP contribution in [0.3, 0.4) is 0 Å². The number of benzene rings is 1. The molecule has 1 N–H and O–H groups in total. The summed E-state index contributed by atoms with van der Waals surface area (Å²) in [5, 5.41) is 11.5. The van der Waals surface area contributed by atoms with Gasteiger partial charge in [0.1, 0.15) is 5.75 Å². The first kappa shape index (κ1) is 14.7. The first-order valence-electron chi connectivity index (χ1n) is 6.60. The molecule has 3 aromatic rings. The van der Waals surface area contributed by atoms with Crippen molar-refractivity contribution in [3.05, 3.63) is 50.9 Å². The van der Waals surface area contributed by atoms with E-state index in [1.165, 1.54) is 4.88 Å². The molecule has 2 heterocycles. The van der Waals surface area contributed by atoms with Gasteiger partial charge in [-0.25, -0.2) is 5.10 Å². The van der Waals surface area contributed by atoms with E-state index >= 15 is 0 Å². The van der Waals surface area contributed by atoms with Crippen molar-refractivity contribution in [2.24, 2.45) is 5.10 Å². The summed E-state index contributed by atoms with van der Waals surface area (Å²) in [7, 11) is 1.63. The van der Waals surface area contributed by atoms with E-state index in [1.807, 2.05) is 30.3 Å². The van der Waals surface area contributed by atoms with Crippen molar-refractivity contribution in [1.29, 1.82) is 0 Å². The third kappa shape index (κ3) is 3.00. The Morgan fingerprint density at radius 2 is 2.23 bits per heavy atom. The average Bonchev–Trinajstić information content (AvgIpc) is 3.11. The van der Waals surface area contributed by atoms with Gasteiger partial charge in [-0.1, -0.05) is 12.1 Å². The van der Waals surface area contributed by atoms with Gasteiger partial charge < -0.3 is 4.74 Å². The summed E-state index contributed by atoms with van der Waals surface area (Å²) in [5.74, 6) is 1.41. The largest absolute Gasteiger partial charge is 0.497 e. The molecule has 0 aliphatic carbocycles. The number of hydrogen-bond donors (Lipinski definition) is 1. The van der Waals surface area contributed by atoms with Gasteiger partial charge in [-0.15, -0.1) is 11.3 Å². The topological polar surface area (TPSA) is 55.2 Å². The minimum absolute atomic E-state index is 0.447. The molecule has 0 aliphatic heterocycles. The summed E-state index contributed by atoms with van der Waals surface area (Å²) in [6, 6.07) is 11.7. The quantitative estimate of drug-likeness (QED) is 0.583. The summed E-state index contributed by atoms with van der Waals surface area (Å²) in [4.78, 5) is 2.31. The minimum atomic E-state index is 0.447. The lowest BCUT2D eigenvalue weighted by atomic mass is 10.2. The summed E-state index contributed by atoms with van der Waals surface area (Å²) in [6.45, 7) is 2.06. The second-order valence-corrected chi connectivity index (χ2v) is 6.30. The third-order valence-corrected chi connectivity index (χ3v) is 4.24. The zero-order valence-electron chi connectivity index (χ0n) is 12.1. The molecular formula is C15H14N4OS2. The molecule has 0 atom stereocenters. The highest BCUT2D eigenvalue weighted by molar-refractivity contribution is 7.71. The van der Waals surface area contributed by atoms with Crippen molar-refractivity contribution < 1.29 is 4.74 Å². The molecule has 0 aliphatic rings. The molecule has 3 rings (SSSR count). The van der Waals surface area contributed by atoms with E-state index in [0.29, 0.717) is 10.6 Å². The van der Waals surface area contributed by atoms with Gasteiger partial charge in [-0.3, -0.25) is 0 Å². The molecule has 0 fully saturated rings. The number of methoxy groups -OCH3 is 1. The summed E-state index contributed by atoms with van der Waals surface area (Å²) < 4.78 is 7.30. The third-order valence-electron chi connectivity index (χ3n) is 3.04. The van der Waals surface area contributed by atoms with Crippen LogP contribution in [0.1, 0.15) is 9.75 Å². The number of hydrogen-bond acceptors (Lipinski definition) is 5. The molecule has 7 heteroatoms. The molecule has 0 bridgehead atoms. The Morgan fingerprint density at radius 3 is 2.95 bits per heavy atom. The zero-order valence-corrected chi connectivity index (χ0v) is 13.7. The molecule has 0 saturated heterocycles. The van der Waals surface area contributed by atoms with Crippen LogP contribution in [0.25, 0.3) is 11.4 Å². The Balaban J connectivity index is 2.00. The van der Waals surface area contributed by atoms with E-state index in [1.54, 1.807) is 29.3 Å². The van der Waals surface area contributed by atoms with Gasteiger partial charge in [0.25, 0.3) is 0 Å². The van der Waals surface area contributed by atoms with Gasteiger partial charge in [0.05, 0.1) is 13.3 Å². The number of nitrogens with zero attached hydrogens (tertiary/aromatic N) is 3. The monoisotopic (exact) mass is 330 g/mol. The molecule has 0 unspecified atom stereocenters. The van der Waals surface area contributed by atoms with Crippen molar-refractivity contribution in [1.82, 2.24) is 14.9 Å². The first-order chi connectivity index (χ1) is 10.7. The van der Waals surface area contributed by atoms with Crippen molar-refractivity contribution in [3.8, 4) is 17.1 Å². The van der Waals surface area contributed by atoms with Gasteiger partial charge in [0.2, 0.25) is 4.77 Å². The average molecular weight is 330 g/mol. The number of nitrogens with one attached hydrogen (secondary N) is 1. The molecular weight excluding hydrogens is 316 g/mol. The van der Waals surface area contributed by atoms with Gasteiger partial charge in [0.15, 0.2) is 5.82 Å². The van der Waals surface area contributed by atoms with Gasteiger partial charge in [-0.2, -0.15) is 14.9 Å². The van der Waals surface area contributed by atoms with Crippen LogP contribution in [0.5, 0.6) is 5.75 Å². The fraction of sp³-hybridized carbons (Fsp3) is 0.133. The minimum Gasteiger partial charge on any atom is -0.497 e. The Hall–Kier alpha value is -2.25. The standard InChI is InChI=1S/C15H14N4OS2/c1-10-6-7-13(22-10)9-16-19-14(17-18-15(19)21)11-4-3-5-12(8-11)20-2/h3-9H,1-2H3,(H,18,21). The summed E-state index contributed by atoms with van der Waals surface area (Å²) in [5.41, 5.74) is 0.881. The van der Waals surface area contributed by atoms with E-state index < -0.39 is 0 Å². The molecule has 5 nitrogen and oxygen atoms in total. The fourth-order valence-corrected chi connectivity index (χ4v) is 2.91. The molecule has 112 valence electrons. The van der Waals surface area contributed by atoms with E-state index in [-0.39, 0.29) is 0 Å². The van der Waals surface area contributed by atoms with Crippen LogP contribution in [0, 0.1) is 11.7 Å². The second-order valence-electron chi connectivity index (χ2n) is 4.59. The van der Waals surface area contributed by atoms with Crippen molar-refractivity contribution in [3.63, 3.8) is 0 Å². The van der Waals surface area contributed by atoms with E-state index in [2.05, 4.69) is 28.3 Å². The zero-order chi connectivity index (χ0) is 15.5. The Morgan fingerprint density at radius 1 is 1.36 bits per heavy atom. The lowest BCUT2D eigenvalue weighted by molar-refractivity contribution is 0.415. The Labute approximate surface area is 136 Å². The second kappa shape index (κ2) is 6.25. The number of rotatable bonds is 4. The molecule has 1 aromatic carbocycles. The van der Waals surface area contributed by atoms with E-state index in [9.17, 15) is 0 Å². The van der Waals surface area contributed by atoms with Crippen molar-refractivity contribution in [2.45, 2.75) is 6.92 Å². The number of ether oxygens (including phenoxy) is 1. The lowest BCUT2D eigenvalue weighted by Crippen LogP contribution is -1.95. The highest BCUT2D eigenvalue weighted by Gasteiger charge is 2.09. The summed E-state index contributed by atoms with van der Waals surface area (Å²) in [6.07, 6.45) is 1.78. The van der Waals surface area contributed by atoms with Gasteiger partial charge in [-0.05, 0) is 43.4 Å². The highest BCUT2D eigenvalue weighted by Crippen LogP contribution is 2.22. The Bertz CT molecular complexity index is 876. The maximum absolute atomic E-state index is 5.26. The first-order valence-corrected chi connectivity index (χ1v) is 7.82. The predicted octanol–water partition coefficient (Wildman–Crippen LogP) is 3.87. The lowest BCUT2D eigenvalue weighted by Gasteiger charge is -2.03. The van der Waals surface area contributed by atoms with E-state index in [0.717, 1.165) is 16.2 Å². The predicted molar refractivity (Wildman–Crippen MR) is 91.4 cm³/mol. The number of aromatic amines is 1. The molecule has 0 radical (unpaired) electrons. The van der Waals surface area contributed by atoms with Gasteiger partial charge >= 0.3 is 0 Å². The van der Waals surface area contributed by atoms with Crippen LogP contribution in [0.15, 0.2) is 41.5 Å². The Kier molecular flexibility index (Phi) is 4.17. The van der Waals surface area contributed by atoms with Crippen LogP contribution in [-0.2, 0) is 0 Å². The smallest absolute Gasteiger partial charge is 0.216 e. The maximum Gasteiger partial charge on any atom is 0.216 e. The SMILES string of the molecule is COc1cccc(-c2n[nH]c(=S)n2N=Cc2ccc(C)s2)c1. The van der Waals surface area contributed by atoms with Crippen LogP contribution in [0.4, 0.5) is 0 Å². The van der Waals surface area contributed by atoms with Crippen LogP contribution in [-0.4, -0.2) is 28.2 Å². The molecule has 2 aromatic heterocycles. The summed E-state index contributed by atoms with van der Waals surface area (Å²) >= 11 is 6.93. The number of thiophene rings is 1. The van der Waals surface area contributed by atoms with Crippen LogP contribution >= 0.6 is 23.6 Å². The number of aryl methyl sites for hydroxylation is 1. The number of H-pyrrole nitrogens is 1. The van der Waals surface area contributed by atoms with E-state index in [4.69, 9.17) is 17.0 Å². The highest BCUT2D eigenvalue weighted by atomic mass is 32.1. The van der Waals surface area contributed by atoms with Crippen LogP contribution < -0.4 is 4.74 Å². The van der Waals surface area contributed by atoms with Crippen LogP contribution in [0.2, 0.25) is 0 Å².